The highest BCUT2D eigenvalue weighted by Crippen LogP contribution is 2.21. The van der Waals surface area contributed by atoms with Crippen molar-refractivity contribution in [2.45, 2.75) is 0 Å². The van der Waals surface area contributed by atoms with E-state index in [9.17, 15) is 14.4 Å². The maximum atomic E-state index is 11.8. The number of carboxylic acid groups (broad SMARTS) is 1. The Morgan fingerprint density at radius 2 is 2.00 bits per heavy atom. The molecule has 2 rings (SSSR count). The lowest BCUT2D eigenvalue weighted by atomic mass is 10.1. The van der Waals surface area contributed by atoms with Crippen LogP contribution in [0, 0.1) is 0 Å². The number of esters is 1. The van der Waals surface area contributed by atoms with Gasteiger partial charge in [-0.2, -0.15) is 0 Å². The molecule has 1 aliphatic heterocycles. The molecular weight excluding hydrogens is 266 g/mol. The molecule has 0 saturated carbocycles. The van der Waals surface area contributed by atoms with Crippen molar-refractivity contribution in [2.24, 2.45) is 0 Å². The first-order valence-corrected chi connectivity index (χ1v) is 5.87. The summed E-state index contributed by atoms with van der Waals surface area (Å²) in [6.07, 6.45) is 0. The highest BCUT2D eigenvalue weighted by Gasteiger charge is 2.23. The number of carbonyl (C=O) groups is 3. The molecule has 1 fully saturated rings. The lowest BCUT2D eigenvalue weighted by molar-refractivity contribution is -0.125. The van der Waals surface area contributed by atoms with Crippen LogP contribution in [0.1, 0.15) is 20.7 Å². The number of hydrogen-bond acceptors (Lipinski definition) is 5. The molecule has 0 bridgehead atoms. The SMILES string of the molecule is COC(=O)c1cc(C(=O)O)cc(N2CCOCC2=O)c1. The molecule has 0 atom stereocenters. The summed E-state index contributed by atoms with van der Waals surface area (Å²) in [5.74, 6) is -2.12. The summed E-state index contributed by atoms with van der Waals surface area (Å²) in [5.41, 5.74) is 0.350. The van der Waals surface area contributed by atoms with Crippen molar-refractivity contribution >= 4 is 23.5 Å². The molecule has 0 aliphatic carbocycles. The fourth-order valence-electron chi connectivity index (χ4n) is 1.92. The lowest BCUT2D eigenvalue weighted by Crippen LogP contribution is -2.41. The number of nitrogens with zero attached hydrogens (tertiary/aromatic N) is 1. The third-order valence-corrected chi connectivity index (χ3v) is 2.88. The Bertz CT molecular complexity index is 568. The highest BCUT2D eigenvalue weighted by molar-refractivity contribution is 6.00. The number of carboxylic acids is 1. The van der Waals surface area contributed by atoms with Gasteiger partial charge in [-0.1, -0.05) is 0 Å². The van der Waals surface area contributed by atoms with E-state index < -0.39 is 11.9 Å². The van der Waals surface area contributed by atoms with Crippen LogP contribution in [0.5, 0.6) is 0 Å². The van der Waals surface area contributed by atoms with Crippen molar-refractivity contribution in [3.63, 3.8) is 0 Å². The number of benzene rings is 1. The normalized spacial score (nSPS) is 15.1. The summed E-state index contributed by atoms with van der Waals surface area (Å²) in [6, 6.07) is 3.99. The monoisotopic (exact) mass is 279 g/mol. The summed E-state index contributed by atoms with van der Waals surface area (Å²) < 4.78 is 9.59. The summed E-state index contributed by atoms with van der Waals surface area (Å²) in [4.78, 5) is 35.8. The maximum absolute atomic E-state index is 11.8. The van der Waals surface area contributed by atoms with E-state index in [0.717, 1.165) is 0 Å². The minimum absolute atomic E-state index is 0.0646. The Kier molecular flexibility index (Phi) is 3.99. The molecule has 1 heterocycles. The molecule has 7 heteroatoms. The maximum Gasteiger partial charge on any atom is 0.337 e. The van der Waals surface area contributed by atoms with Gasteiger partial charge in [0.15, 0.2) is 0 Å². The predicted octanol–water partition coefficient (Wildman–Crippen LogP) is 0.535. The van der Waals surface area contributed by atoms with Gasteiger partial charge in [0.25, 0.3) is 5.91 Å². The number of methoxy groups -OCH3 is 1. The molecule has 20 heavy (non-hydrogen) atoms. The number of carbonyl (C=O) groups excluding carboxylic acids is 2. The first-order valence-electron chi connectivity index (χ1n) is 5.87. The molecule has 7 nitrogen and oxygen atoms in total. The topological polar surface area (TPSA) is 93.1 Å². The molecule has 1 amide bonds. The zero-order valence-corrected chi connectivity index (χ0v) is 10.8. The van der Waals surface area contributed by atoms with Crippen LogP contribution in [-0.4, -0.2) is 49.8 Å². The summed E-state index contributed by atoms with van der Waals surface area (Å²) in [7, 11) is 1.20. The van der Waals surface area contributed by atoms with Crippen LogP contribution in [0.15, 0.2) is 18.2 Å². The van der Waals surface area contributed by atoms with E-state index in [-0.39, 0.29) is 23.6 Å². The van der Waals surface area contributed by atoms with Crippen molar-refractivity contribution in [3.8, 4) is 0 Å². The number of hydrogen-bond donors (Lipinski definition) is 1. The zero-order chi connectivity index (χ0) is 14.7. The number of morpholine rings is 1. The van der Waals surface area contributed by atoms with Gasteiger partial charge in [-0.05, 0) is 18.2 Å². The molecule has 1 aromatic carbocycles. The van der Waals surface area contributed by atoms with Crippen molar-refractivity contribution in [1.82, 2.24) is 0 Å². The molecule has 1 N–H and O–H groups in total. The Balaban J connectivity index is 2.45. The minimum Gasteiger partial charge on any atom is -0.478 e. The molecule has 0 unspecified atom stereocenters. The van der Waals surface area contributed by atoms with Gasteiger partial charge in [0.2, 0.25) is 0 Å². The standard InChI is InChI=1S/C13H13NO6/c1-19-13(18)9-4-8(12(16)17)5-10(6-9)14-2-3-20-7-11(14)15/h4-6H,2-3,7H2,1H3,(H,16,17). The van der Waals surface area contributed by atoms with Gasteiger partial charge >= 0.3 is 11.9 Å². The van der Waals surface area contributed by atoms with Crippen molar-refractivity contribution in [1.29, 1.82) is 0 Å². The van der Waals surface area contributed by atoms with Crippen LogP contribution < -0.4 is 4.90 Å². The third-order valence-electron chi connectivity index (χ3n) is 2.88. The predicted molar refractivity (Wildman–Crippen MR) is 67.9 cm³/mol. The van der Waals surface area contributed by atoms with Gasteiger partial charge in [-0.15, -0.1) is 0 Å². The van der Waals surface area contributed by atoms with E-state index in [2.05, 4.69) is 4.74 Å². The number of aromatic carboxylic acids is 1. The van der Waals surface area contributed by atoms with E-state index in [4.69, 9.17) is 9.84 Å². The first kappa shape index (κ1) is 14.0. The van der Waals surface area contributed by atoms with E-state index >= 15 is 0 Å². The summed E-state index contributed by atoms with van der Waals surface area (Å²) in [6.45, 7) is 0.601. The number of ether oxygens (including phenoxy) is 2. The van der Waals surface area contributed by atoms with Gasteiger partial charge in [0.05, 0.1) is 24.8 Å². The average molecular weight is 279 g/mol. The minimum atomic E-state index is -1.18. The molecular formula is C13H13NO6. The molecule has 1 aromatic rings. The van der Waals surface area contributed by atoms with Gasteiger partial charge < -0.3 is 19.5 Å². The van der Waals surface area contributed by atoms with Crippen LogP contribution in [0.25, 0.3) is 0 Å². The molecule has 0 aromatic heterocycles. The molecule has 1 saturated heterocycles. The quantitative estimate of drug-likeness (QED) is 0.811. The van der Waals surface area contributed by atoms with Crippen molar-refractivity contribution in [2.75, 3.05) is 31.8 Å². The number of anilines is 1. The molecule has 0 spiro atoms. The van der Waals surface area contributed by atoms with E-state index in [1.165, 1.54) is 30.2 Å². The smallest absolute Gasteiger partial charge is 0.337 e. The Morgan fingerprint density at radius 1 is 1.30 bits per heavy atom. The van der Waals surface area contributed by atoms with Crippen LogP contribution in [-0.2, 0) is 14.3 Å². The van der Waals surface area contributed by atoms with Gasteiger partial charge in [-0.3, -0.25) is 4.79 Å². The van der Waals surface area contributed by atoms with Gasteiger partial charge in [0, 0.05) is 12.2 Å². The summed E-state index contributed by atoms with van der Waals surface area (Å²) >= 11 is 0. The Labute approximate surface area is 114 Å². The second-order valence-corrected chi connectivity index (χ2v) is 4.16. The van der Waals surface area contributed by atoms with Crippen LogP contribution in [0.4, 0.5) is 5.69 Å². The van der Waals surface area contributed by atoms with Crippen LogP contribution in [0.2, 0.25) is 0 Å². The van der Waals surface area contributed by atoms with Gasteiger partial charge in [-0.25, -0.2) is 9.59 Å². The van der Waals surface area contributed by atoms with E-state index in [1.807, 2.05) is 0 Å². The van der Waals surface area contributed by atoms with E-state index in [0.29, 0.717) is 18.8 Å². The first-order chi connectivity index (χ1) is 9.52. The van der Waals surface area contributed by atoms with Gasteiger partial charge in [0.1, 0.15) is 6.61 Å². The second-order valence-electron chi connectivity index (χ2n) is 4.16. The third kappa shape index (κ3) is 2.77. The van der Waals surface area contributed by atoms with Crippen LogP contribution >= 0.6 is 0 Å². The van der Waals surface area contributed by atoms with Crippen LogP contribution in [0.3, 0.4) is 0 Å². The molecule has 1 aliphatic rings. The highest BCUT2D eigenvalue weighted by atomic mass is 16.5. The number of amides is 1. The fraction of sp³-hybridized carbons (Fsp3) is 0.308. The molecule has 0 radical (unpaired) electrons. The van der Waals surface area contributed by atoms with Crippen molar-refractivity contribution in [3.05, 3.63) is 29.3 Å². The van der Waals surface area contributed by atoms with Crippen molar-refractivity contribution < 1.29 is 29.0 Å². The Hall–Kier alpha value is -2.41. The number of rotatable bonds is 3. The lowest BCUT2D eigenvalue weighted by Gasteiger charge is -2.27. The largest absolute Gasteiger partial charge is 0.478 e. The molecule has 106 valence electrons. The average Bonchev–Trinajstić information content (AvgIpc) is 2.46. The van der Waals surface area contributed by atoms with E-state index in [1.54, 1.807) is 0 Å². The summed E-state index contributed by atoms with van der Waals surface area (Å²) in [5, 5.41) is 9.07. The fourth-order valence-corrected chi connectivity index (χ4v) is 1.92. The second kappa shape index (κ2) is 5.70. The Morgan fingerprint density at radius 3 is 2.60 bits per heavy atom. The zero-order valence-electron chi connectivity index (χ0n) is 10.8.